The molecule has 1 aliphatic carbocycles. The van der Waals surface area contributed by atoms with Gasteiger partial charge in [-0.1, -0.05) is 11.6 Å². The van der Waals surface area contributed by atoms with Crippen molar-refractivity contribution in [2.24, 2.45) is 5.92 Å². The molecule has 3 atom stereocenters. The van der Waals surface area contributed by atoms with Gasteiger partial charge >= 0.3 is 0 Å². The second-order valence-electron chi connectivity index (χ2n) is 3.78. The van der Waals surface area contributed by atoms with Gasteiger partial charge in [-0.05, 0) is 26.2 Å². The maximum Gasteiger partial charge on any atom is 0.0983 e. The molecule has 0 radical (unpaired) electrons. The van der Waals surface area contributed by atoms with Crippen molar-refractivity contribution in [2.75, 3.05) is 5.88 Å². The Kier molecular flexibility index (Phi) is 2.42. The molecule has 0 amide bonds. The highest BCUT2D eigenvalue weighted by Gasteiger charge is 2.44. The van der Waals surface area contributed by atoms with Crippen LogP contribution in [0.15, 0.2) is 11.6 Å². The predicted molar refractivity (Wildman–Crippen MR) is 50.5 cm³/mol. The minimum Gasteiger partial charge on any atom is -0.368 e. The fraction of sp³-hybridized carbons (Fsp3) is 0.800. The topological polar surface area (TPSA) is 12.5 Å². The molecule has 1 nitrogen and oxygen atoms in total. The molecule has 2 heteroatoms. The molecular formula is C10H15ClO. The second kappa shape index (κ2) is 3.39. The molecule has 0 saturated carbocycles. The molecule has 1 saturated heterocycles. The first kappa shape index (κ1) is 8.58. The lowest BCUT2D eigenvalue weighted by Crippen LogP contribution is -2.15. The number of alkyl halides is 1. The molecule has 68 valence electrons. The number of hydrogen-bond donors (Lipinski definition) is 0. The monoisotopic (exact) mass is 186 g/mol. The lowest BCUT2D eigenvalue weighted by Gasteiger charge is -2.19. The van der Waals surface area contributed by atoms with Gasteiger partial charge in [0.1, 0.15) is 0 Å². The van der Waals surface area contributed by atoms with E-state index in [9.17, 15) is 0 Å². The van der Waals surface area contributed by atoms with E-state index in [-0.39, 0.29) is 0 Å². The van der Waals surface area contributed by atoms with Crippen LogP contribution in [0.5, 0.6) is 0 Å². The molecule has 0 bridgehead atoms. The summed E-state index contributed by atoms with van der Waals surface area (Å²) in [5, 5.41) is 0. The van der Waals surface area contributed by atoms with Gasteiger partial charge in [-0.15, -0.1) is 11.6 Å². The summed E-state index contributed by atoms with van der Waals surface area (Å²) in [7, 11) is 0. The molecule has 0 aromatic heterocycles. The van der Waals surface area contributed by atoms with E-state index in [1.165, 1.54) is 24.8 Å². The van der Waals surface area contributed by atoms with Crippen LogP contribution in [0.2, 0.25) is 0 Å². The molecule has 2 rings (SSSR count). The lowest BCUT2D eigenvalue weighted by atomic mass is 9.85. The van der Waals surface area contributed by atoms with Gasteiger partial charge in [0.05, 0.1) is 18.1 Å². The minimum atomic E-state index is 0.345. The average Bonchev–Trinajstić information content (AvgIpc) is 2.84. The Morgan fingerprint density at radius 2 is 2.50 bits per heavy atom. The fourth-order valence-corrected chi connectivity index (χ4v) is 2.35. The first-order valence-corrected chi connectivity index (χ1v) is 5.24. The Bertz CT molecular complexity index is 200. The Labute approximate surface area is 78.7 Å². The van der Waals surface area contributed by atoms with E-state index in [4.69, 9.17) is 16.3 Å². The SMILES string of the molecule is CC1=CCCCC1C1OC1CCl. The third-order valence-corrected chi connectivity index (χ3v) is 3.25. The van der Waals surface area contributed by atoms with Crippen LogP contribution in [0.4, 0.5) is 0 Å². The molecule has 0 aromatic carbocycles. The smallest absolute Gasteiger partial charge is 0.0983 e. The highest BCUT2D eigenvalue weighted by atomic mass is 35.5. The molecule has 3 unspecified atom stereocenters. The Morgan fingerprint density at radius 3 is 3.08 bits per heavy atom. The highest BCUT2D eigenvalue weighted by molar-refractivity contribution is 6.18. The largest absolute Gasteiger partial charge is 0.368 e. The molecule has 2 aliphatic rings. The molecule has 0 aromatic rings. The fourth-order valence-electron chi connectivity index (χ4n) is 2.10. The molecular weight excluding hydrogens is 172 g/mol. The van der Waals surface area contributed by atoms with Crippen molar-refractivity contribution in [3.05, 3.63) is 11.6 Å². The number of hydrogen-bond acceptors (Lipinski definition) is 1. The predicted octanol–water partition coefficient (Wildman–Crippen LogP) is 2.74. The van der Waals surface area contributed by atoms with Crippen LogP contribution in [-0.4, -0.2) is 18.1 Å². The number of epoxide rings is 1. The Morgan fingerprint density at radius 1 is 1.67 bits per heavy atom. The van der Waals surface area contributed by atoms with Crippen LogP contribution < -0.4 is 0 Å². The minimum absolute atomic E-state index is 0.345. The van der Waals surface area contributed by atoms with E-state index in [0.717, 1.165) is 0 Å². The molecule has 1 aliphatic heterocycles. The zero-order valence-electron chi connectivity index (χ0n) is 7.42. The van der Waals surface area contributed by atoms with Crippen LogP contribution in [0.1, 0.15) is 26.2 Å². The van der Waals surface area contributed by atoms with E-state index in [2.05, 4.69) is 13.0 Å². The normalized spacial score (nSPS) is 40.8. The summed E-state index contributed by atoms with van der Waals surface area (Å²) in [6.45, 7) is 2.22. The van der Waals surface area contributed by atoms with Gasteiger partial charge in [0.25, 0.3) is 0 Å². The van der Waals surface area contributed by atoms with Crippen molar-refractivity contribution in [3.63, 3.8) is 0 Å². The number of rotatable bonds is 2. The standard InChI is InChI=1S/C10H15ClO/c1-7-4-2-3-5-8(7)10-9(6-11)12-10/h4,8-10H,2-3,5-6H2,1H3. The summed E-state index contributed by atoms with van der Waals surface area (Å²) >= 11 is 5.72. The quantitative estimate of drug-likeness (QED) is 0.367. The van der Waals surface area contributed by atoms with E-state index in [1.807, 2.05) is 0 Å². The Hall–Kier alpha value is -0.0100. The van der Waals surface area contributed by atoms with E-state index in [0.29, 0.717) is 24.0 Å². The molecule has 1 fully saturated rings. The van der Waals surface area contributed by atoms with Gasteiger partial charge in [-0.3, -0.25) is 0 Å². The van der Waals surface area contributed by atoms with Crippen molar-refractivity contribution in [1.82, 2.24) is 0 Å². The summed E-state index contributed by atoms with van der Waals surface area (Å²) in [4.78, 5) is 0. The third kappa shape index (κ3) is 1.53. The van der Waals surface area contributed by atoms with Gasteiger partial charge < -0.3 is 4.74 Å². The lowest BCUT2D eigenvalue weighted by molar-refractivity contribution is 0.322. The summed E-state index contributed by atoms with van der Waals surface area (Å²) in [5.74, 6) is 1.33. The van der Waals surface area contributed by atoms with Crippen LogP contribution in [0.3, 0.4) is 0 Å². The van der Waals surface area contributed by atoms with Gasteiger partial charge in [-0.25, -0.2) is 0 Å². The van der Waals surface area contributed by atoms with Crippen molar-refractivity contribution in [3.8, 4) is 0 Å². The van der Waals surface area contributed by atoms with Gasteiger partial charge in [0.15, 0.2) is 0 Å². The first-order valence-electron chi connectivity index (χ1n) is 4.71. The highest BCUT2D eigenvalue weighted by Crippen LogP contribution is 2.39. The van der Waals surface area contributed by atoms with E-state index < -0.39 is 0 Å². The number of ether oxygens (including phenoxy) is 1. The maximum atomic E-state index is 5.72. The summed E-state index contributed by atoms with van der Waals surface area (Å²) in [5.41, 5.74) is 1.51. The number of allylic oxidation sites excluding steroid dienone is 1. The Balaban J connectivity index is 1.96. The molecule has 0 spiro atoms. The summed E-state index contributed by atoms with van der Waals surface area (Å²) in [6, 6.07) is 0. The third-order valence-electron chi connectivity index (χ3n) is 2.94. The maximum absolute atomic E-state index is 5.72. The summed E-state index contributed by atoms with van der Waals surface area (Å²) < 4.78 is 5.50. The van der Waals surface area contributed by atoms with Crippen LogP contribution >= 0.6 is 11.6 Å². The van der Waals surface area contributed by atoms with Crippen molar-refractivity contribution < 1.29 is 4.74 Å². The zero-order valence-corrected chi connectivity index (χ0v) is 8.18. The van der Waals surface area contributed by atoms with Crippen molar-refractivity contribution in [2.45, 2.75) is 38.4 Å². The van der Waals surface area contributed by atoms with Crippen LogP contribution in [0, 0.1) is 5.92 Å². The zero-order chi connectivity index (χ0) is 8.55. The van der Waals surface area contributed by atoms with E-state index >= 15 is 0 Å². The molecule has 1 heterocycles. The van der Waals surface area contributed by atoms with Gasteiger partial charge in [-0.2, -0.15) is 0 Å². The van der Waals surface area contributed by atoms with Crippen molar-refractivity contribution >= 4 is 11.6 Å². The van der Waals surface area contributed by atoms with Gasteiger partial charge in [0.2, 0.25) is 0 Å². The second-order valence-corrected chi connectivity index (χ2v) is 4.09. The van der Waals surface area contributed by atoms with Gasteiger partial charge in [0, 0.05) is 5.92 Å². The first-order chi connectivity index (χ1) is 5.83. The molecule has 12 heavy (non-hydrogen) atoms. The summed E-state index contributed by atoms with van der Waals surface area (Å²) in [6.07, 6.45) is 7.00. The molecule has 0 N–H and O–H groups in total. The van der Waals surface area contributed by atoms with Crippen LogP contribution in [0.25, 0.3) is 0 Å². The van der Waals surface area contributed by atoms with Crippen molar-refractivity contribution in [1.29, 1.82) is 0 Å². The number of halogens is 1. The van der Waals surface area contributed by atoms with E-state index in [1.54, 1.807) is 0 Å². The average molecular weight is 187 g/mol. The van der Waals surface area contributed by atoms with Crippen LogP contribution in [-0.2, 0) is 4.74 Å².